The summed E-state index contributed by atoms with van der Waals surface area (Å²) < 4.78 is 7.81. The average Bonchev–Trinajstić information content (AvgIpc) is 3.38. The Labute approximate surface area is 167 Å². The molecular formula is C20H22N8O. The molecule has 3 aromatic heterocycles. The van der Waals surface area contributed by atoms with Gasteiger partial charge >= 0.3 is 0 Å². The number of aromatic amines is 1. The number of nitrogens with one attached hydrogen (secondary N) is 3. The maximum Gasteiger partial charge on any atom is 0.180 e. The van der Waals surface area contributed by atoms with Crippen LogP contribution in [0.4, 0.5) is 5.82 Å². The molecule has 0 bridgehead atoms. The van der Waals surface area contributed by atoms with E-state index in [4.69, 9.17) is 9.72 Å². The van der Waals surface area contributed by atoms with Gasteiger partial charge in [0, 0.05) is 44.0 Å². The fraction of sp³-hybridized carbons (Fsp3) is 0.200. The standard InChI is InChI=1S/C20H22N8O/c1-13(2)23-10-14(9-21-3)26-19-20-22-6-7-28(20)18-5-4-15(8-17(18)27-19)29-16-11-24-25-12-16/h4-13,23H,1-3H3,(H,24,25)(H,26,27)/b14-10+,21-9?. The van der Waals surface area contributed by atoms with Crippen LogP contribution in [0.5, 0.6) is 11.5 Å². The van der Waals surface area contributed by atoms with Crippen LogP contribution in [0.1, 0.15) is 13.8 Å². The number of fused-ring (bicyclic) bond motifs is 3. The molecule has 1 aromatic carbocycles. The summed E-state index contributed by atoms with van der Waals surface area (Å²) in [5.74, 6) is 1.93. The first-order valence-electron chi connectivity index (χ1n) is 9.23. The molecule has 4 aromatic rings. The van der Waals surface area contributed by atoms with Crippen molar-refractivity contribution in [1.29, 1.82) is 0 Å². The molecule has 9 heteroatoms. The zero-order chi connectivity index (χ0) is 20.2. The van der Waals surface area contributed by atoms with Gasteiger partial charge in [-0.05, 0) is 26.0 Å². The van der Waals surface area contributed by atoms with E-state index in [1.807, 2.05) is 35.0 Å². The van der Waals surface area contributed by atoms with Crippen molar-refractivity contribution in [2.75, 3.05) is 12.4 Å². The van der Waals surface area contributed by atoms with Crippen LogP contribution in [0.15, 0.2) is 59.9 Å². The number of ether oxygens (including phenoxy) is 1. The van der Waals surface area contributed by atoms with Crippen molar-refractivity contribution >= 4 is 28.7 Å². The van der Waals surface area contributed by atoms with Gasteiger partial charge in [0.1, 0.15) is 5.75 Å². The Morgan fingerprint density at radius 2 is 2.21 bits per heavy atom. The molecule has 0 aliphatic rings. The van der Waals surface area contributed by atoms with Gasteiger partial charge < -0.3 is 15.4 Å². The number of allylic oxidation sites excluding steroid dienone is 1. The summed E-state index contributed by atoms with van der Waals surface area (Å²) in [6.45, 7) is 4.14. The van der Waals surface area contributed by atoms with Gasteiger partial charge in [-0.25, -0.2) is 9.97 Å². The van der Waals surface area contributed by atoms with Crippen LogP contribution in [0.25, 0.3) is 16.7 Å². The minimum Gasteiger partial charge on any atom is -0.454 e. The minimum atomic E-state index is 0.302. The third-order valence-corrected chi connectivity index (χ3v) is 4.10. The molecule has 3 N–H and O–H groups in total. The molecule has 0 saturated carbocycles. The van der Waals surface area contributed by atoms with E-state index in [0.717, 1.165) is 22.4 Å². The van der Waals surface area contributed by atoms with Gasteiger partial charge in [0.05, 0.1) is 29.1 Å². The lowest BCUT2D eigenvalue weighted by Crippen LogP contribution is -2.18. The first-order chi connectivity index (χ1) is 14.1. The SMILES string of the molecule is CN=C/C(=C\NC(C)C)Nc1nc2cc(Oc3cn[nH]c3)ccc2n2ccnc12. The molecule has 0 aliphatic heterocycles. The maximum absolute atomic E-state index is 5.82. The fourth-order valence-corrected chi connectivity index (χ4v) is 2.86. The molecule has 0 spiro atoms. The number of benzene rings is 1. The predicted molar refractivity (Wildman–Crippen MR) is 114 cm³/mol. The van der Waals surface area contributed by atoms with Crippen LogP contribution in [0.3, 0.4) is 0 Å². The van der Waals surface area contributed by atoms with E-state index in [2.05, 4.69) is 44.7 Å². The first-order valence-corrected chi connectivity index (χ1v) is 9.23. The molecule has 9 nitrogen and oxygen atoms in total. The molecule has 29 heavy (non-hydrogen) atoms. The highest BCUT2D eigenvalue weighted by Gasteiger charge is 2.12. The molecule has 0 unspecified atom stereocenters. The van der Waals surface area contributed by atoms with E-state index in [1.54, 1.807) is 31.9 Å². The fourth-order valence-electron chi connectivity index (χ4n) is 2.86. The highest BCUT2D eigenvalue weighted by molar-refractivity contribution is 5.88. The number of nitrogens with zero attached hydrogens (tertiary/aromatic N) is 5. The number of hydrogen-bond acceptors (Lipinski definition) is 7. The number of hydrogen-bond donors (Lipinski definition) is 3. The molecule has 0 aliphatic carbocycles. The van der Waals surface area contributed by atoms with Gasteiger partial charge in [-0.3, -0.25) is 14.5 Å². The summed E-state index contributed by atoms with van der Waals surface area (Å²) >= 11 is 0. The molecule has 0 saturated heterocycles. The molecule has 0 atom stereocenters. The Balaban J connectivity index is 1.75. The second kappa shape index (κ2) is 8.01. The lowest BCUT2D eigenvalue weighted by Gasteiger charge is -2.12. The lowest BCUT2D eigenvalue weighted by molar-refractivity contribution is 0.483. The molecule has 0 fully saturated rings. The highest BCUT2D eigenvalue weighted by Crippen LogP contribution is 2.27. The lowest BCUT2D eigenvalue weighted by atomic mass is 10.2. The Bertz CT molecular complexity index is 1170. The monoisotopic (exact) mass is 390 g/mol. The van der Waals surface area contributed by atoms with E-state index in [1.165, 1.54) is 0 Å². The van der Waals surface area contributed by atoms with Crippen molar-refractivity contribution < 1.29 is 4.74 Å². The topological polar surface area (TPSA) is 105 Å². The van der Waals surface area contributed by atoms with Crippen molar-refractivity contribution in [1.82, 2.24) is 29.9 Å². The van der Waals surface area contributed by atoms with Crippen LogP contribution in [0, 0.1) is 0 Å². The Kier molecular flexibility index (Phi) is 5.10. The quantitative estimate of drug-likeness (QED) is 0.418. The zero-order valence-electron chi connectivity index (χ0n) is 16.4. The van der Waals surface area contributed by atoms with E-state index in [9.17, 15) is 0 Å². The summed E-state index contributed by atoms with van der Waals surface area (Å²) in [4.78, 5) is 13.4. The molecule has 0 radical (unpaired) electrons. The van der Waals surface area contributed by atoms with Crippen LogP contribution in [-0.2, 0) is 0 Å². The molecule has 4 rings (SSSR count). The van der Waals surface area contributed by atoms with Crippen molar-refractivity contribution in [3.05, 3.63) is 54.9 Å². The second-order valence-corrected chi connectivity index (χ2v) is 6.70. The third kappa shape index (κ3) is 4.03. The summed E-state index contributed by atoms with van der Waals surface area (Å²) in [7, 11) is 1.73. The van der Waals surface area contributed by atoms with Crippen LogP contribution >= 0.6 is 0 Å². The van der Waals surface area contributed by atoms with Gasteiger partial charge in [0.15, 0.2) is 17.2 Å². The van der Waals surface area contributed by atoms with E-state index < -0.39 is 0 Å². The Hall–Kier alpha value is -3.88. The van der Waals surface area contributed by atoms with Crippen molar-refractivity contribution in [3.63, 3.8) is 0 Å². The smallest absolute Gasteiger partial charge is 0.180 e. The normalized spacial score (nSPS) is 12.3. The molecule has 0 amide bonds. The van der Waals surface area contributed by atoms with Gasteiger partial charge in [-0.2, -0.15) is 5.10 Å². The number of imidazole rings is 1. The maximum atomic E-state index is 5.82. The average molecular weight is 390 g/mol. The summed E-state index contributed by atoms with van der Waals surface area (Å²) in [5.41, 5.74) is 3.20. The highest BCUT2D eigenvalue weighted by atomic mass is 16.5. The molecular weight excluding hydrogens is 368 g/mol. The van der Waals surface area contributed by atoms with Crippen molar-refractivity contribution in [2.45, 2.75) is 19.9 Å². The van der Waals surface area contributed by atoms with Crippen molar-refractivity contribution in [3.8, 4) is 11.5 Å². The largest absolute Gasteiger partial charge is 0.454 e. The summed E-state index contributed by atoms with van der Waals surface area (Å²) in [5, 5.41) is 13.2. The molecule has 3 heterocycles. The summed E-state index contributed by atoms with van der Waals surface area (Å²) in [6.07, 6.45) is 10.6. The van der Waals surface area contributed by atoms with Gasteiger partial charge in [-0.15, -0.1) is 0 Å². The van der Waals surface area contributed by atoms with Crippen LogP contribution in [-0.4, -0.2) is 43.9 Å². The second-order valence-electron chi connectivity index (χ2n) is 6.70. The number of aromatic nitrogens is 5. The number of aliphatic imine (C=N–C) groups is 1. The van der Waals surface area contributed by atoms with Crippen LogP contribution in [0.2, 0.25) is 0 Å². The number of anilines is 1. The number of H-pyrrole nitrogens is 1. The van der Waals surface area contributed by atoms with Crippen LogP contribution < -0.4 is 15.4 Å². The predicted octanol–water partition coefficient (Wildman–Crippen LogP) is 3.35. The number of rotatable bonds is 7. The Morgan fingerprint density at radius 3 is 2.97 bits per heavy atom. The zero-order valence-corrected chi connectivity index (χ0v) is 16.4. The van der Waals surface area contributed by atoms with Gasteiger partial charge in [0.25, 0.3) is 0 Å². The third-order valence-electron chi connectivity index (χ3n) is 4.10. The van der Waals surface area contributed by atoms with Gasteiger partial charge in [0.2, 0.25) is 0 Å². The van der Waals surface area contributed by atoms with E-state index in [-0.39, 0.29) is 0 Å². The summed E-state index contributed by atoms with van der Waals surface area (Å²) in [6, 6.07) is 6.04. The minimum absolute atomic E-state index is 0.302. The molecule has 148 valence electrons. The van der Waals surface area contributed by atoms with Crippen molar-refractivity contribution in [2.24, 2.45) is 4.99 Å². The van der Waals surface area contributed by atoms with Gasteiger partial charge in [-0.1, -0.05) is 0 Å². The van der Waals surface area contributed by atoms with E-state index in [0.29, 0.717) is 23.4 Å². The van der Waals surface area contributed by atoms with E-state index >= 15 is 0 Å². The first kappa shape index (κ1) is 18.5. The Morgan fingerprint density at radius 1 is 1.31 bits per heavy atom.